The summed E-state index contributed by atoms with van der Waals surface area (Å²) in [4.78, 5) is 20.7. The normalized spacial score (nSPS) is 20.3. The molecular weight excluding hydrogens is 332 g/mol. The molecule has 0 radical (unpaired) electrons. The molecule has 1 saturated heterocycles. The minimum atomic E-state index is 0.106. The van der Waals surface area contributed by atoms with Crippen LogP contribution >= 0.6 is 11.3 Å². The van der Waals surface area contributed by atoms with E-state index in [9.17, 15) is 4.79 Å². The summed E-state index contributed by atoms with van der Waals surface area (Å²) in [6.07, 6.45) is 8.58. The second kappa shape index (κ2) is 7.67. The van der Waals surface area contributed by atoms with E-state index < -0.39 is 0 Å². The van der Waals surface area contributed by atoms with Crippen LogP contribution < -0.4 is 0 Å². The van der Waals surface area contributed by atoms with Gasteiger partial charge in [-0.05, 0) is 56.2 Å². The number of aryl methyl sites for hydroxylation is 1. The molecule has 2 aliphatic rings. The molecule has 2 aromatic rings. The fourth-order valence-corrected chi connectivity index (χ4v) is 4.91. The Kier molecular flexibility index (Phi) is 5.13. The molecule has 0 N–H and O–H groups in total. The van der Waals surface area contributed by atoms with Gasteiger partial charge in [-0.25, -0.2) is 0 Å². The smallest absolute Gasteiger partial charge is 0.255 e. The topological polar surface area (TPSA) is 42.4 Å². The number of piperidine rings is 1. The molecule has 1 atom stereocenters. The summed E-state index contributed by atoms with van der Waals surface area (Å²) in [6.45, 7) is 2.05. The van der Waals surface area contributed by atoms with E-state index in [0.717, 1.165) is 43.5 Å². The first kappa shape index (κ1) is 16.7. The molecule has 1 aliphatic heterocycles. The average Bonchev–Trinajstić information content (AvgIpc) is 3.11. The lowest BCUT2D eigenvalue weighted by molar-refractivity contribution is -0.00787. The maximum atomic E-state index is 13.0. The zero-order valence-corrected chi connectivity index (χ0v) is 15.3. The number of thiophene rings is 1. The van der Waals surface area contributed by atoms with Crippen molar-refractivity contribution in [2.45, 2.75) is 51.2 Å². The van der Waals surface area contributed by atoms with E-state index in [1.54, 1.807) is 17.5 Å². The van der Waals surface area contributed by atoms with Crippen LogP contribution in [0.1, 0.15) is 52.2 Å². The minimum absolute atomic E-state index is 0.106. The number of amides is 1. The predicted molar refractivity (Wildman–Crippen MR) is 98.9 cm³/mol. The number of rotatable bonds is 4. The van der Waals surface area contributed by atoms with E-state index in [1.165, 1.54) is 23.3 Å². The number of hydrogen-bond acceptors (Lipinski definition) is 4. The predicted octanol–water partition coefficient (Wildman–Crippen LogP) is 3.84. The molecule has 0 unspecified atom stereocenters. The molecule has 3 heterocycles. The van der Waals surface area contributed by atoms with Gasteiger partial charge >= 0.3 is 0 Å². The lowest BCUT2D eigenvalue weighted by Gasteiger charge is -2.33. The van der Waals surface area contributed by atoms with Crippen LogP contribution in [0, 0.1) is 0 Å². The van der Waals surface area contributed by atoms with Crippen molar-refractivity contribution in [3.63, 3.8) is 0 Å². The van der Waals surface area contributed by atoms with Crippen molar-refractivity contribution >= 4 is 17.2 Å². The summed E-state index contributed by atoms with van der Waals surface area (Å²) >= 11 is 1.77. The Morgan fingerprint density at radius 1 is 1.28 bits per heavy atom. The zero-order valence-electron chi connectivity index (χ0n) is 14.4. The lowest BCUT2D eigenvalue weighted by Crippen LogP contribution is -2.43. The van der Waals surface area contributed by atoms with E-state index in [-0.39, 0.29) is 12.0 Å². The average molecular weight is 356 g/mol. The van der Waals surface area contributed by atoms with Gasteiger partial charge < -0.3 is 9.64 Å². The van der Waals surface area contributed by atoms with E-state index >= 15 is 0 Å². The molecule has 132 valence electrons. The highest BCUT2D eigenvalue weighted by Gasteiger charge is 2.28. The van der Waals surface area contributed by atoms with Crippen molar-refractivity contribution in [1.82, 2.24) is 9.88 Å². The Bertz CT molecular complexity index is 729. The third kappa shape index (κ3) is 3.77. The fraction of sp³-hybridized carbons (Fsp3) is 0.500. The van der Waals surface area contributed by atoms with Gasteiger partial charge in [-0.15, -0.1) is 11.3 Å². The summed E-state index contributed by atoms with van der Waals surface area (Å²) in [5.41, 5.74) is 3.21. The summed E-state index contributed by atoms with van der Waals surface area (Å²) in [5, 5.41) is 2.08. The molecule has 0 aromatic carbocycles. The quantitative estimate of drug-likeness (QED) is 0.836. The van der Waals surface area contributed by atoms with Gasteiger partial charge in [-0.2, -0.15) is 0 Å². The Labute approximate surface area is 152 Å². The molecule has 2 aromatic heterocycles. The van der Waals surface area contributed by atoms with Crippen LogP contribution in [0.5, 0.6) is 0 Å². The number of hydrogen-bond donors (Lipinski definition) is 0. The fourth-order valence-electron chi connectivity index (χ4n) is 3.79. The molecule has 1 amide bonds. The second-order valence-corrected chi connectivity index (χ2v) is 7.87. The first-order chi connectivity index (χ1) is 12.3. The van der Waals surface area contributed by atoms with Crippen molar-refractivity contribution in [1.29, 1.82) is 0 Å². The molecule has 0 saturated carbocycles. The van der Waals surface area contributed by atoms with Crippen LogP contribution in [0.25, 0.3) is 0 Å². The molecular formula is C20H24N2O2S. The van der Waals surface area contributed by atoms with E-state index in [4.69, 9.17) is 4.74 Å². The maximum absolute atomic E-state index is 13.0. The highest BCUT2D eigenvalue weighted by Crippen LogP contribution is 2.31. The minimum Gasteiger partial charge on any atom is -0.370 e. The summed E-state index contributed by atoms with van der Waals surface area (Å²) < 4.78 is 6.03. The molecule has 5 heteroatoms. The zero-order chi connectivity index (χ0) is 17.1. The number of likely N-dealkylation sites (tertiary alicyclic amines) is 1. The Morgan fingerprint density at radius 3 is 3.08 bits per heavy atom. The number of pyridine rings is 1. The van der Waals surface area contributed by atoms with Crippen molar-refractivity contribution < 1.29 is 9.53 Å². The lowest BCUT2D eigenvalue weighted by atomic mass is 9.95. The van der Waals surface area contributed by atoms with Crippen molar-refractivity contribution in [2.24, 2.45) is 0 Å². The first-order valence-electron chi connectivity index (χ1n) is 9.21. The van der Waals surface area contributed by atoms with Crippen LogP contribution in [-0.4, -0.2) is 35.0 Å². The van der Waals surface area contributed by atoms with E-state index in [1.807, 2.05) is 23.1 Å². The number of nitrogens with zero attached hydrogens (tertiary/aromatic N) is 2. The molecule has 0 spiro atoms. The molecule has 25 heavy (non-hydrogen) atoms. The SMILES string of the molecule is O=C(c1csc2c1CCCC2)N1CCC[C@@H](OCc2ccccn2)C1. The van der Waals surface area contributed by atoms with Crippen LogP contribution in [0.2, 0.25) is 0 Å². The molecule has 1 fully saturated rings. The van der Waals surface area contributed by atoms with Gasteiger partial charge in [0.05, 0.1) is 24.0 Å². The Balaban J connectivity index is 1.39. The third-order valence-corrected chi connectivity index (χ3v) is 6.24. The van der Waals surface area contributed by atoms with E-state index in [0.29, 0.717) is 13.2 Å². The first-order valence-corrected chi connectivity index (χ1v) is 10.1. The second-order valence-electron chi connectivity index (χ2n) is 6.91. The largest absolute Gasteiger partial charge is 0.370 e. The van der Waals surface area contributed by atoms with Crippen LogP contribution in [-0.2, 0) is 24.2 Å². The van der Waals surface area contributed by atoms with Crippen LogP contribution in [0.15, 0.2) is 29.8 Å². The van der Waals surface area contributed by atoms with Crippen molar-refractivity contribution in [3.05, 3.63) is 51.5 Å². The summed E-state index contributed by atoms with van der Waals surface area (Å²) in [7, 11) is 0. The maximum Gasteiger partial charge on any atom is 0.255 e. The van der Waals surface area contributed by atoms with Crippen LogP contribution in [0.3, 0.4) is 0 Å². The Hall–Kier alpha value is -1.72. The number of fused-ring (bicyclic) bond motifs is 1. The number of aromatic nitrogens is 1. The van der Waals surface area contributed by atoms with Gasteiger partial charge in [-0.3, -0.25) is 9.78 Å². The standard InChI is InChI=1S/C20H24N2O2S/c23-20(18-14-25-19-9-2-1-8-17(18)19)22-11-5-7-16(12-22)24-13-15-6-3-4-10-21-15/h3-4,6,10,14,16H,1-2,5,7-9,11-13H2/t16-/m1/s1. The van der Waals surface area contributed by atoms with Gasteiger partial charge in [0.1, 0.15) is 0 Å². The summed E-state index contributed by atoms with van der Waals surface area (Å²) in [6, 6.07) is 5.86. The van der Waals surface area contributed by atoms with Crippen molar-refractivity contribution in [2.75, 3.05) is 13.1 Å². The number of carbonyl (C=O) groups is 1. The third-order valence-electron chi connectivity index (χ3n) is 5.15. The highest BCUT2D eigenvalue weighted by molar-refractivity contribution is 7.10. The van der Waals surface area contributed by atoms with Crippen molar-refractivity contribution in [3.8, 4) is 0 Å². The Morgan fingerprint density at radius 2 is 2.20 bits per heavy atom. The monoisotopic (exact) mass is 356 g/mol. The van der Waals surface area contributed by atoms with Gasteiger partial charge in [0.2, 0.25) is 0 Å². The van der Waals surface area contributed by atoms with Gasteiger partial charge in [0, 0.05) is 29.5 Å². The molecule has 0 bridgehead atoms. The van der Waals surface area contributed by atoms with Gasteiger partial charge in [-0.1, -0.05) is 6.07 Å². The van der Waals surface area contributed by atoms with Crippen LogP contribution in [0.4, 0.5) is 0 Å². The molecule has 4 rings (SSSR count). The summed E-state index contributed by atoms with van der Waals surface area (Å²) in [5.74, 6) is 0.200. The number of carbonyl (C=O) groups excluding carboxylic acids is 1. The molecule has 4 nitrogen and oxygen atoms in total. The van der Waals surface area contributed by atoms with E-state index in [2.05, 4.69) is 10.4 Å². The van der Waals surface area contributed by atoms with Gasteiger partial charge in [0.25, 0.3) is 5.91 Å². The van der Waals surface area contributed by atoms with Gasteiger partial charge in [0.15, 0.2) is 0 Å². The highest BCUT2D eigenvalue weighted by atomic mass is 32.1. The number of ether oxygens (including phenoxy) is 1. The molecule has 1 aliphatic carbocycles.